The highest BCUT2D eigenvalue weighted by atomic mass is 16.5. The molecule has 1 aromatic heterocycles. The van der Waals surface area contributed by atoms with Crippen LogP contribution in [0.1, 0.15) is 5.56 Å². The lowest BCUT2D eigenvalue weighted by molar-refractivity contribution is -0.136. The van der Waals surface area contributed by atoms with Crippen LogP contribution in [0.3, 0.4) is 0 Å². The summed E-state index contributed by atoms with van der Waals surface area (Å²) in [6, 6.07) is 7.27. The average Bonchev–Trinajstić information content (AvgIpc) is 2.80. The maximum atomic E-state index is 10.8. The maximum Gasteiger partial charge on any atom is 0.308 e. The standard InChI is InChI=1S/C13H14N2O4/c1-18-11-5-3-4-10(7-11)15-13(19-2)9(8-14-15)6-12(16)17/h3-5,7-8H,6H2,1-2H3,(H,16,17). The van der Waals surface area contributed by atoms with Gasteiger partial charge in [0.05, 0.1) is 32.5 Å². The predicted molar refractivity (Wildman–Crippen MR) is 68.0 cm³/mol. The Morgan fingerprint density at radius 3 is 2.79 bits per heavy atom. The molecule has 0 radical (unpaired) electrons. The van der Waals surface area contributed by atoms with Crippen LogP contribution in [-0.4, -0.2) is 35.1 Å². The number of nitrogens with zero attached hydrogens (tertiary/aromatic N) is 2. The molecule has 0 amide bonds. The van der Waals surface area contributed by atoms with Crippen molar-refractivity contribution in [3.05, 3.63) is 36.0 Å². The fraction of sp³-hybridized carbons (Fsp3) is 0.231. The molecule has 0 aliphatic heterocycles. The van der Waals surface area contributed by atoms with Crippen molar-refractivity contribution in [2.45, 2.75) is 6.42 Å². The molecule has 100 valence electrons. The summed E-state index contributed by atoms with van der Waals surface area (Å²) in [6.45, 7) is 0. The minimum Gasteiger partial charge on any atom is -0.497 e. The summed E-state index contributed by atoms with van der Waals surface area (Å²) in [5.41, 5.74) is 1.27. The normalized spacial score (nSPS) is 10.2. The number of hydrogen-bond donors (Lipinski definition) is 1. The molecule has 0 saturated heterocycles. The topological polar surface area (TPSA) is 73.6 Å². The van der Waals surface area contributed by atoms with Gasteiger partial charge in [-0.05, 0) is 12.1 Å². The molecule has 0 unspecified atom stereocenters. The van der Waals surface area contributed by atoms with Crippen molar-refractivity contribution in [1.82, 2.24) is 9.78 Å². The molecule has 1 heterocycles. The summed E-state index contributed by atoms with van der Waals surface area (Å²) in [5.74, 6) is 0.175. The van der Waals surface area contributed by atoms with Crippen LogP contribution < -0.4 is 9.47 Å². The Hall–Kier alpha value is -2.50. The van der Waals surface area contributed by atoms with Crippen molar-refractivity contribution in [2.24, 2.45) is 0 Å². The summed E-state index contributed by atoms with van der Waals surface area (Å²) in [7, 11) is 3.06. The number of ether oxygens (including phenoxy) is 2. The van der Waals surface area contributed by atoms with Crippen molar-refractivity contribution in [3.8, 4) is 17.3 Å². The van der Waals surface area contributed by atoms with E-state index in [0.29, 0.717) is 17.2 Å². The second kappa shape index (κ2) is 5.43. The van der Waals surface area contributed by atoms with E-state index in [0.717, 1.165) is 5.69 Å². The van der Waals surface area contributed by atoms with Crippen molar-refractivity contribution >= 4 is 5.97 Å². The van der Waals surface area contributed by atoms with Crippen molar-refractivity contribution in [3.63, 3.8) is 0 Å². The SMILES string of the molecule is COc1cccc(-n2ncc(CC(=O)O)c2OC)c1. The van der Waals surface area contributed by atoms with E-state index in [9.17, 15) is 4.79 Å². The Bertz CT molecular complexity index is 592. The van der Waals surface area contributed by atoms with Crippen LogP contribution in [0.15, 0.2) is 30.5 Å². The fourth-order valence-corrected chi connectivity index (χ4v) is 1.80. The number of aliphatic carboxylic acids is 1. The van der Waals surface area contributed by atoms with Gasteiger partial charge in [0.2, 0.25) is 5.88 Å². The van der Waals surface area contributed by atoms with E-state index >= 15 is 0 Å². The molecule has 2 aromatic rings. The van der Waals surface area contributed by atoms with Gasteiger partial charge in [-0.3, -0.25) is 4.79 Å². The molecule has 2 rings (SSSR count). The van der Waals surface area contributed by atoms with Crippen LogP contribution in [0, 0.1) is 0 Å². The number of aromatic nitrogens is 2. The lowest BCUT2D eigenvalue weighted by Gasteiger charge is -2.08. The number of carboxylic acids is 1. The third kappa shape index (κ3) is 2.67. The molecule has 19 heavy (non-hydrogen) atoms. The monoisotopic (exact) mass is 262 g/mol. The third-order valence-electron chi connectivity index (χ3n) is 2.63. The first-order valence-electron chi connectivity index (χ1n) is 5.63. The Morgan fingerprint density at radius 2 is 2.16 bits per heavy atom. The summed E-state index contributed by atoms with van der Waals surface area (Å²) >= 11 is 0. The van der Waals surface area contributed by atoms with Gasteiger partial charge in [-0.25, -0.2) is 4.68 Å². The van der Waals surface area contributed by atoms with Crippen LogP contribution in [-0.2, 0) is 11.2 Å². The van der Waals surface area contributed by atoms with Gasteiger partial charge in [-0.2, -0.15) is 5.10 Å². The van der Waals surface area contributed by atoms with Crippen molar-refractivity contribution in [2.75, 3.05) is 14.2 Å². The van der Waals surface area contributed by atoms with E-state index in [4.69, 9.17) is 14.6 Å². The number of carbonyl (C=O) groups is 1. The summed E-state index contributed by atoms with van der Waals surface area (Å²) in [4.78, 5) is 10.8. The van der Waals surface area contributed by atoms with Gasteiger partial charge < -0.3 is 14.6 Å². The molecule has 0 saturated carbocycles. The second-order valence-corrected chi connectivity index (χ2v) is 3.86. The fourth-order valence-electron chi connectivity index (χ4n) is 1.80. The molecule has 1 aromatic carbocycles. The molecule has 6 nitrogen and oxygen atoms in total. The average molecular weight is 262 g/mol. The predicted octanol–water partition coefficient (Wildman–Crippen LogP) is 1.52. The number of hydrogen-bond acceptors (Lipinski definition) is 4. The van der Waals surface area contributed by atoms with E-state index in [1.807, 2.05) is 18.2 Å². The molecule has 0 atom stereocenters. The Morgan fingerprint density at radius 1 is 1.37 bits per heavy atom. The molecule has 1 N–H and O–H groups in total. The molecule has 0 aliphatic carbocycles. The van der Waals surface area contributed by atoms with Gasteiger partial charge in [0, 0.05) is 11.6 Å². The molecular weight excluding hydrogens is 248 g/mol. The van der Waals surface area contributed by atoms with Crippen LogP contribution in [0.4, 0.5) is 0 Å². The third-order valence-corrected chi connectivity index (χ3v) is 2.63. The summed E-state index contributed by atoms with van der Waals surface area (Å²) in [5, 5.41) is 13.0. The zero-order valence-corrected chi connectivity index (χ0v) is 10.7. The first-order chi connectivity index (χ1) is 9.15. The molecule has 0 aliphatic rings. The van der Waals surface area contributed by atoms with Gasteiger partial charge in [0.15, 0.2) is 0 Å². The van der Waals surface area contributed by atoms with Crippen molar-refractivity contribution in [1.29, 1.82) is 0 Å². The number of rotatable bonds is 5. The highest BCUT2D eigenvalue weighted by Crippen LogP contribution is 2.24. The quantitative estimate of drug-likeness (QED) is 0.884. The lowest BCUT2D eigenvalue weighted by atomic mass is 10.2. The van der Waals surface area contributed by atoms with E-state index in [-0.39, 0.29) is 6.42 Å². The smallest absolute Gasteiger partial charge is 0.308 e. The number of carboxylic acid groups (broad SMARTS) is 1. The zero-order chi connectivity index (χ0) is 13.8. The van der Waals surface area contributed by atoms with Crippen LogP contribution in [0.2, 0.25) is 0 Å². The minimum absolute atomic E-state index is 0.132. The van der Waals surface area contributed by atoms with Crippen LogP contribution in [0.25, 0.3) is 5.69 Å². The maximum absolute atomic E-state index is 10.8. The first kappa shape index (κ1) is 12.9. The van der Waals surface area contributed by atoms with Gasteiger partial charge in [-0.1, -0.05) is 6.07 Å². The second-order valence-electron chi connectivity index (χ2n) is 3.86. The Labute approximate surface area is 110 Å². The van der Waals surface area contributed by atoms with Gasteiger partial charge in [-0.15, -0.1) is 0 Å². The summed E-state index contributed by atoms with van der Waals surface area (Å²) < 4.78 is 11.9. The summed E-state index contributed by atoms with van der Waals surface area (Å²) in [6.07, 6.45) is 1.36. The zero-order valence-electron chi connectivity index (χ0n) is 10.7. The van der Waals surface area contributed by atoms with Gasteiger partial charge >= 0.3 is 5.97 Å². The molecule has 0 bridgehead atoms. The molecule has 6 heteroatoms. The van der Waals surface area contributed by atoms with Crippen LogP contribution in [0.5, 0.6) is 11.6 Å². The molecule has 0 fully saturated rings. The largest absolute Gasteiger partial charge is 0.497 e. The number of methoxy groups -OCH3 is 2. The first-order valence-corrected chi connectivity index (χ1v) is 5.63. The highest BCUT2D eigenvalue weighted by molar-refractivity contribution is 5.71. The van der Waals surface area contributed by atoms with E-state index in [1.54, 1.807) is 17.9 Å². The molecular formula is C13H14N2O4. The van der Waals surface area contributed by atoms with E-state index in [1.165, 1.54) is 13.3 Å². The van der Waals surface area contributed by atoms with Crippen molar-refractivity contribution < 1.29 is 19.4 Å². The molecule has 0 spiro atoms. The lowest BCUT2D eigenvalue weighted by Crippen LogP contribution is -2.04. The Kier molecular flexibility index (Phi) is 3.70. The minimum atomic E-state index is -0.927. The van der Waals surface area contributed by atoms with Gasteiger partial charge in [0.25, 0.3) is 0 Å². The number of benzene rings is 1. The van der Waals surface area contributed by atoms with E-state index < -0.39 is 5.97 Å². The van der Waals surface area contributed by atoms with E-state index in [2.05, 4.69) is 5.10 Å². The van der Waals surface area contributed by atoms with Crippen LogP contribution >= 0.6 is 0 Å². The highest BCUT2D eigenvalue weighted by Gasteiger charge is 2.15. The van der Waals surface area contributed by atoms with Gasteiger partial charge in [0.1, 0.15) is 5.75 Å². The Balaban J connectivity index is 2.44.